The number of thioether (sulfide) groups is 1. The summed E-state index contributed by atoms with van der Waals surface area (Å²) in [4.78, 5) is 25.6. The van der Waals surface area contributed by atoms with Gasteiger partial charge in [-0.1, -0.05) is 28.4 Å². The topological polar surface area (TPSA) is 67.8 Å². The first kappa shape index (κ1) is 23.7. The van der Waals surface area contributed by atoms with E-state index in [0.29, 0.717) is 25.2 Å². The Morgan fingerprint density at radius 2 is 1.97 bits per heavy atom. The first-order valence-electron chi connectivity index (χ1n) is 9.90. The van der Waals surface area contributed by atoms with Crippen LogP contribution in [-0.2, 0) is 14.3 Å². The molecule has 1 unspecified atom stereocenters. The summed E-state index contributed by atoms with van der Waals surface area (Å²) in [6.45, 7) is 10.3. The fraction of sp³-hybridized carbons (Fsp3) is 0.500. The quantitative estimate of drug-likeness (QED) is 0.325. The Bertz CT molecular complexity index is 849. The van der Waals surface area contributed by atoms with Gasteiger partial charge in [0.2, 0.25) is 5.91 Å². The molecule has 1 N–H and O–H groups in total. The van der Waals surface area contributed by atoms with Gasteiger partial charge in [0.05, 0.1) is 24.0 Å². The summed E-state index contributed by atoms with van der Waals surface area (Å²) in [7, 11) is 0. The van der Waals surface area contributed by atoms with E-state index >= 15 is 0 Å². The number of nitrogens with one attached hydrogen (secondary N) is 1. The van der Waals surface area contributed by atoms with Gasteiger partial charge in [-0.05, 0) is 75.8 Å². The second kappa shape index (κ2) is 11.0. The Morgan fingerprint density at radius 3 is 2.62 bits per heavy atom. The number of carbonyl (C=O) groups is 2. The van der Waals surface area contributed by atoms with Crippen LogP contribution < -0.4 is 5.43 Å². The number of nitrogens with zero attached hydrogens (tertiary/aromatic N) is 1. The lowest BCUT2D eigenvalue weighted by Crippen LogP contribution is -2.28. The molecule has 1 aromatic rings. The number of benzene rings is 1. The molecule has 0 heterocycles. The predicted molar refractivity (Wildman–Crippen MR) is 122 cm³/mol. The Hall–Kier alpha value is -1.60. The third-order valence-corrected chi connectivity index (χ3v) is 7.08. The SMILES string of the molecule is CCOC(=O)C1CCC(=NNC(=O)CSc2cc(C)c(Br)cc2C)C(CC)=C1C. The normalized spacial score (nSPS) is 18.1. The van der Waals surface area contributed by atoms with Gasteiger partial charge in [-0.3, -0.25) is 9.59 Å². The molecule has 1 aliphatic carbocycles. The second-order valence-corrected chi connectivity index (χ2v) is 8.98. The second-order valence-electron chi connectivity index (χ2n) is 7.11. The van der Waals surface area contributed by atoms with E-state index in [1.165, 1.54) is 11.8 Å². The molecule has 0 aromatic heterocycles. The number of esters is 1. The summed E-state index contributed by atoms with van der Waals surface area (Å²) in [5.74, 6) is -0.216. The fourth-order valence-corrected chi connectivity index (χ4v) is 4.80. The van der Waals surface area contributed by atoms with E-state index in [1.807, 2.05) is 34.6 Å². The van der Waals surface area contributed by atoms with Crippen LogP contribution in [0.1, 0.15) is 51.2 Å². The van der Waals surface area contributed by atoms with Crippen LogP contribution in [0.25, 0.3) is 0 Å². The summed E-state index contributed by atoms with van der Waals surface area (Å²) < 4.78 is 6.26. The zero-order chi connectivity index (χ0) is 21.6. The standard InChI is InChI=1S/C22H29BrN2O3S/c1-6-16-15(5)17(22(27)28-7-2)8-9-19(16)24-25-21(26)12-29-20-11-13(3)18(23)10-14(20)4/h10-11,17H,6-9,12H2,1-5H3,(H,25,26). The molecule has 2 rings (SSSR count). The highest BCUT2D eigenvalue weighted by molar-refractivity contribution is 9.10. The van der Waals surface area contributed by atoms with Crippen LogP contribution in [0, 0.1) is 19.8 Å². The lowest BCUT2D eigenvalue weighted by atomic mass is 9.81. The minimum Gasteiger partial charge on any atom is -0.466 e. The molecular formula is C22H29BrN2O3S. The van der Waals surface area contributed by atoms with Crippen LogP contribution in [-0.4, -0.2) is 29.9 Å². The smallest absolute Gasteiger partial charge is 0.313 e. The molecule has 1 atom stereocenters. The molecule has 0 saturated heterocycles. The van der Waals surface area contributed by atoms with Crippen molar-refractivity contribution in [2.75, 3.05) is 12.4 Å². The molecule has 0 saturated carbocycles. The molecule has 0 aliphatic heterocycles. The van der Waals surface area contributed by atoms with Crippen molar-refractivity contribution >= 4 is 45.3 Å². The highest BCUT2D eigenvalue weighted by atomic mass is 79.9. The minimum absolute atomic E-state index is 0.136. The molecular weight excluding hydrogens is 452 g/mol. The van der Waals surface area contributed by atoms with Crippen LogP contribution in [0.5, 0.6) is 0 Å². The lowest BCUT2D eigenvalue weighted by molar-refractivity contribution is -0.146. The van der Waals surface area contributed by atoms with Crippen molar-refractivity contribution in [1.82, 2.24) is 5.43 Å². The molecule has 1 amide bonds. The van der Waals surface area contributed by atoms with E-state index in [4.69, 9.17) is 4.74 Å². The Balaban J connectivity index is 2.02. The number of halogens is 1. The third-order valence-electron chi connectivity index (χ3n) is 5.07. The first-order valence-corrected chi connectivity index (χ1v) is 11.7. The van der Waals surface area contributed by atoms with Crippen molar-refractivity contribution in [3.63, 3.8) is 0 Å². The average Bonchev–Trinajstić information content (AvgIpc) is 2.68. The molecule has 1 aliphatic rings. The van der Waals surface area contributed by atoms with E-state index in [2.05, 4.69) is 38.6 Å². The van der Waals surface area contributed by atoms with Crippen LogP contribution in [0.15, 0.2) is 37.7 Å². The Morgan fingerprint density at radius 1 is 1.24 bits per heavy atom. The van der Waals surface area contributed by atoms with Gasteiger partial charge in [-0.25, -0.2) is 5.43 Å². The van der Waals surface area contributed by atoms with Gasteiger partial charge in [0, 0.05) is 9.37 Å². The fourth-order valence-electron chi connectivity index (χ4n) is 3.45. The number of carbonyl (C=O) groups excluding carboxylic acids is 2. The van der Waals surface area contributed by atoms with Crippen molar-refractivity contribution < 1.29 is 14.3 Å². The average molecular weight is 481 g/mol. The summed E-state index contributed by atoms with van der Waals surface area (Å²) in [5.41, 5.74) is 7.87. The number of amides is 1. The van der Waals surface area contributed by atoms with Gasteiger partial charge >= 0.3 is 5.97 Å². The summed E-state index contributed by atoms with van der Waals surface area (Å²) in [6.07, 6.45) is 2.08. The van der Waals surface area contributed by atoms with Crippen molar-refractivity contribution in [3.8, 4) is 0 Å². The van der Waals surface area contributed by atoms with Gasteiger partial charge in [-0.2, -0.15) is 5.10 Å². The van der Waals surface area contributed by atoms with E-state index in [-0.39, 0.29) is 17.8 Å². The van der Waals surface area contributed by atoms with Crippen molar-refractivity contribution in [3.05, 3.63) is 38.9 Å². The molecule has 0 spiro atoms. The number of allylic oxidation sites excluding steroid dienone is 1. The van der Waals surface area contributed by atoms with E-state index in [9.17, 15) is 9.59 Å². The maximum atomic E-state index is 12.3. The number of ether oxygens (including phenoxy) is 1. The number of rotatable bonds is 7. The zero-order valence-corrected chi connectivity index (χ0v) is 20.1. The Kier molecular flexibility index (Phi) is 8.96. The molecule has 7 heteroatoms. The first-order chi connectivity index (χ1) is 13.8. The van der Waals surface area contributed by atoms with E-state index in [1.54, 1.807) is 0 Å². The molecule has 5 nitrogen and oxygen atoms in total. The maximum Gasteiger partial charge on any atom is 0.313 e. The van der Waals surface area contributed by atoms with Crippen LogP contribution >= 0.6 is 27.7 Å². The zero-order valence-electron chi connectivity index (χ0n) is 17.7. The maximum absolute atomic E-state index is 12.3. The third kappa shape index (κ3) is 6.19. The molecule has 0 bridgehead atoms. The van der Waals surface area contributed by atoms with Gasteiger partial charge < -0.3 is 4.74 Å². The van der Waals surface area contributed by atoms with Crippen LogP contribution in [0.2, 0.25) is 0 Å². The van der Waals surface area contributed by atoms with Crippen LogP contribution in [0.4, 0.5) is 0 Å². The summed E-state index contributed by atoms with van der Waals surface area (Å²) >= 11 is 5.03. The monoisotopic (exact) mass is 480 g/mol. The van der Waals surface area contributed by atoms with E-state index in [0.717, 1.165) is 43.8 Å². The Labute approximate surface area is 185 Å². The highest BCUT2D eigenvalue weighted by Crippen LogP contribution is 2.31. The van der Waals surface area contributed by atoms with Gasteiger partial charge in [0.15, 0.2) is 0 Å². The number of hydrogen-bond acceptors (Lipinski definition) is 5. The predicted octanol–water partition coefficient (Wildman–Crippen LogP) is 5.33. The molecule has 0 fully saturated rings. The number of hydrogen-bond donors (Lipinski definition) is 1. The summed E-state index contributed by atoms with van der Waals surface area (Å²) in [5, 5.41) is 4.38. The van der Waals surface area contributed by atoms with Crippen molar-refractivity contribution in [2.45, 2.75) is 58.8 Å². The van der Waals surface area contributed by atoms with Gasteiger partial charge in [0.25, 0.3) is 0 Å². The minimum atomic E-state index is -0.210. The van der Waals surface area contributed by atoms with Crippen molar-refractivity contribution in [2.24, 2.45) is 11.0 Å². The number of aryl methyl sites for hydroxylation is 2. The summed E-state index contributed by atoms with van der Waals surface area (Å²) in [6, 6.07) is 4.15. The van der Waals surface area contributed by atoms with Crippen molar-refractivity contribution in [1.29, 1.82) is 0 Å². The van der Waals surface area contributed by atoms with Gasteiger partial charge in [-0.15, -0.1) is 11.8 Å². The molecule has 29 heavy (non-hydrogen) atoms. The van der Waals surface area contributed by atoms with Crippen LogP contribution in [0.3, 0.4) is 0 Å². The lowest BCUT2D eigenvalue weighted by Gasteiger charge is -2.26. The molecule has 158 valence electrons. The largest absolute Gasteiger partial charge is 0.466 e. The molecule has 0 radical (unpaired) electrons. The van der Waals surface area contributed by atoms with Gasteiger partial charge in [0.1, 0.15) is 0 Å². The number of hydrazone groups is 1. The molecule has 1 aromatic carbocycles. The highest BCUT2D eigenvalue weighted by Gasteiger charge is 2.29. The van der Waals surface area contributed by atoms with E-state index < -0.39 is 0 Å².